The number of rotatable bonds is 5. The van der Waals surface area contributed by atoms with Gasteiger partial charge in [-0.3, -0.25) is 0 Å². The number of phenolic OH excluding ortho intramolecular Hbond substituents is 1. The Morgan fingerprint density at radius 2 is 1.88 bits per heavy atom. The monoisotopic (exact) mass is 327 g/mol. The number of aromatic amines is 1. The molecule has 7 nitrogen and oxygen atoms in total. The van der Waals surface area contributed by atoms with Crippen LogP contribution in [-0.4, -0.2) is 34.1 Å². The van der Waals surface area contributed by atoms with Gasteiger partial charge in [0.05, 0.1) is 19.9 Å². The van der Waals surface area contributed by atoms with Gasteiger partial charge in [-0.05, 0) is 29.8 Å². The van der Waals surface area contributed by atoms with Crippen molar-refractivity contribution in [2.75, 3.05) is 14.2 Å². The summed E-state index contributed by atoms with van der Waals surface area (Å²) in [5.41, 5.74) is 1.09. The van der Waals surface area contributed by atoms with Crippen LogP contribution in [0.15, 0.2) is 47.3 Å². The molecule has 0 unspecified atom stereocenters. The molecule has 0 aliphatic heterocycles. The zero-order chi connectivity index (χ0) is 17.1. The van der Waals surface area contributed by atoms with E-state index in [1.807, 2.05) is 0 Å². The van der Waals surface area contributed by atoms with E-state index in [9.17, 15) is 9.90 Å². The molecule has 1 aromatic heterocycles. The minimum Gasteiger partial charge on any atom is -0.508 e. The Hall–Kier alpha value is -3.22. The molecule has 1 heterocycles. The number of ether oxygens (including phenoxy) is 2. The van der Waals surface area contributed by atoms with E-state index in [0.717, 1.165) is 5.56 Å². The number of hydrogen-bond donors (Lipinski definition) is 2. The number of aromatic nitrogens is 3. The fourth-order valence-electron chi connectivity index (χ4n) is 2.46. The smallest absolute Gasteiger partial charge is 0.348 e. The number of H-pyrrole nitrogens is 1. The van der Waals surface area contributed by atoms with E-state index < -0.39 is 0 Å². The average molecular weight is 327 g/mol. The lowest BCUT2D eigenvalue weighted by atomic mass is 10.1. The molecule has 0 bridgehead atoms. The van der Waals surface area contributed by atoms with Crippen molar-refractivity contribution >= 4 is 0 Å². The summed E-state index contributed by atoms with van der Waals surface area (Å²) >= 11 is 0. The molecule has 3 rings (SSSR count). The van der Waals surface area contributed by atoms with Gasteiger partial charge in [0.1, 0.15) is 23.1 Å². The molecule has 124 valence electrons. The molecular weight excluding hydrogens is 310 g/mol. The Morgan fingerprint density at radius 1 is 1.12 bits per heavy atom. The molecule has 3 aromatic rings. The summed E-state index contributed by atoms with van der Waals surface area (Å²) in [7, 11) is 3.09. The zero-order valence-corrected chi connectivity index (χ0v) is 13.3. The van der Waals surface area contributed by atoms with Crippen LogP contribution in [0.5, 0.6) is 17.2 Å². The lowest BCUT2D eigenvalue weighted by molar-refractivity contribution is 0.401. The quantitative estimate of drug-likeness (QED) is 0.747. The van der Waals surface area contributed by atoms with Gasteiger partial charge >= 0.3 is 5.69 Å². The molecule has 0 amide bonds. The van der Waals surface area contributed by atoms with E-state index >= 15 is 0 Å². The summed E-state index contributed by atoms with van der Waals surface area (Å²) in [6.45, 7) is 0. The third kappa shape index (κ3) is 2.96. The average Bonchev–Trinajstić information content (AvgIpc) is 2.96. The van der Waals surface area contributed by atoms with Gasteiger partial charge in [-0.15, -0.1) is 0 Å². The molecule has 0 saturated heterocycles. The van der Waals surface area contributed by atoms with Crippen molar-refractivity contribution in [2.45, 2.75) is 6.42 Å². The third-order valence-electron chi connectivity index (χ3n) is 3.67. The van der Waals surface area contributed by atoms with Crippen LogP contribution in [0, 0.1) is 0 Å². The Balaban J connectivity index is 2.07. The molecular formula is C17H17N3O4. The SMILES string of the molecule is COc1ccc(OC)c(-n2c(Cc3ccc(O)cc3)n[nH]c2=O)c1. The van der Waals surface area contributed by atoms with Gasteiger partial charge in [0, 0.05) is 12.5 Å². The predicted octanol–water partition coefficient (Wildman–Crippen LogP) is 1.87. The summed E-state index contributed by atoms with van der Waals surface area (Å²) in [6, 6.07) is 12.0. The van der Waals surface area contributed by atoms with E-state index in [4.69, 9.17) is 9.47 Å². The third-order valence-corrected chi connectivity index (χ3v) is 3.67. The number of hydrogen-bond acceptors (Lipinski definition) is 5. The topological polar surface area (TPSA) is 89.4 Å². The summed E-state index contributed by atoms with van der Waals surface area (Å²) in [4.78, 5) is 12.3. The molecule has 0 aliphatic rings. The Labute approximate surface area is 138 Å². The molecule has 24 heavy (non-hydrogen) atoms. The number of phenols is 1. The van der Waals surface area contributed by atoms with Crippen molar-refractivity contribution in [2.24, 2.45) is 0 Å². The van der Waals surface area contributed by atoms with E-state index in [2.05, 4.69) is 10.2 Å². The van der Waals surface area contributed by atoms with Crippen LogP contribution < -0.4 is 15.2 Å². The van der Waals surface area contributed by atoms with Gasteiger partial charge in [0.25, 0.3) is 0 Å². The highest BCUT2D eigenvalue weighted by Crippen LogP contribution is 2.27. The molecule has 0 spiro atoms. The highest BCUT2D eigenvalue weighted by atomic mass is 16.5. The van der Waals surface area contributed by atoms with Crippen molar-refractivity contribution in [1.82, 2.24) is 14.8 Å². The maximum atomic E-state index is 12.3. The van der Waals surface area contributed by atoms with Gasteiger partial charge in [0.15, 0.2) is 0 Å². The molecule has 7 heteroatoms. The summed E-state index contributed by atoms with van der Waals surface area (Å²) in [6.07, 6.45) is 0.416. The summed E-state index contributed by atoms with van der Waals surface area (Å²) in [5, 5.41) is 16.0. The number of nitrogens with zero attached hydrogens (tertiary/aromatic N) is 2. The maximum absolute atomic E-state index is 12.3. The van der Waals surface area contributed by atoms with Crippen LogP contribution >= 0.6 is 0 Å². The summed E-state index contributed by atoms with van der Waals surface area (Å²) in [5.74, 6) is 1.85. The van der Waals surface area contributed by atoms with Gasteiger partial charge in [-0.2, -0.15) is 5.10 Å². The van der Waals surface area contributed by atoms with Crippen molar-refractivity contribution < 1.29 is 14.6 Å². The normalized spacial score (nSPS) is 10.6. The van der Waals surface area contributed by atoms with Gasteiger partial charge in [-0.25, -0.2) is 14.5 Å². The second kappa shape index (κ2) is 6.49. The van der Waals surface area contributed by atoms with Crippen LogP contribution in [0.4, 0.5) is 0 Å². The highest BCUT2D eigenvalue weighted by Gasteiger charge is 2.16. The van der Waals surface area contributed by atoms with Crippen LogP contribution in [-0.2, 0) is 6.42 Å². The Kier molecular flexibility index (Phi) is 4.24. The first-order valence-electron chi connectivity index (χ1n) is 7.29. The molecule has 0 radical (unpaired) electrons. The van der Waals surface area contributed by atoms with Gasteiger partial charge < -0.3 is 14.6 Å². The predicted molar refractivity (Wildman–Crippen MR) is 88.2 cm³/mol. The van der Waals surface area contributed by atoms with Crippen molar-refractivity contribution in [3.8, 4) is 22.9 Å². The van der Waals surface area contributed by atoms with Crippen molar-refractivity contribution in [3.05, 3.63) is 64.3 Å². The minimum atomic E-state index is -0.365. The molecule has 0 fully saturated rings. The Bertz CT molecular complexity index is 897. The standard InChI is InChI=1S/C17H17N3O4/c1-23-13-7-8-15(24-2)14(10-13)20-16(18-19-17(20)22)9-11-3-5-12(21)6-4-11/h3-8,10,21H,9H2,1-2H3,(H,19,22). The Morgan fingerprint density at radius 3 is 2.54 bits per heavy atom. The molecule has 0 aliphatic carbocycles. The molecule has 2 N–H and O–H groups in total. The van der Waals surface area contributed by atoms with Crippen LogP contribution in [0.1, 0.15) is 11.4 Å². The lowest BCUT2D eigenvalue weighted by Gasteiger charge is -2.12. The minimum absolute atomic E-state index is 0.188. The van der Waals surface area contributed by atoms with Crippen LogP contribution in [0.3, 0.4) is 0 Å². The first-order chi connectivity index (χ1) is 11.6. The number of benzene rings is 2. The zero-order valence-electron chi connectivity index (χ0n) is 13.3. The highest BCUT2D eigenvalue weighted by molar-refractivity contribution is 5.52. The van der Waals surface area contributed by atoms with E-state index in [0.29, 0.717) is 29.4 Å². The largest absolute Gasteiger partial charge is 0.508 e. The van der Waals surface area contributed by atoms with E-state index in [1.54, 1.807) is 49.6 Å². The van der Waals surface area contributed by atoms with Crippen molar-refractivity contribution in [1.29, 1.82) is 0 Å². The fourth-order valence-corrected chi connectivity index (χ4v) is 2.46. The van der Waals surface area contributed by atoms with Gasteiger partial charge in [-0.1, -0.05) is 12.1 Å². The fraction of sp³-hybridized carbons (Fsp3) is 0.176. The lowest BCUT2D eigenvalue weighted by Crippen LogP contribution is -2.18. The number of nitrogens with one attached hydrogen (secondary N) is 1. The molecule has 0 saturated carbocycles. The van der Waals surface area contributed by atoms with Crippen LogP contribution in [0.2, 0.25) is 0 Å². The number of aromatic hydroxyl groups is 1. The van der Waals surface area contributed by atoms with Gasteiger partial charge in [0.2, 0.25) is 0 Å². The number of methoxy groups -OCH3 is 2. The first-order valence-corrected chi connectivity index (χ1v) is 7.29. The first kappa shape index (κ1) is 15.7. The molecule has 0 atom stereocenters. The second-order valence-electron chi connectivity index (χ2n) is 5.16. The van der Waals surface area contributed by atoms with Crippen molar-refractivity contribution in [3.63, 3.8) is 0 Å². The van der Waals surface area contributed by atoms with Crippen LogP contribution in [0.25, 0.3) is 5.69 Å². The second-order valence-corrected chi connectivity index (χ2v) is 5.16. The van der Waals surface area contributed by atoms with E-state index in [-0.39, 0.29) is 11.4 Å². The van der Waals surface area contributed by atoms with E-state index in [1.165, 1.54) is 11.7 Å². The molecule has 2 aromatic carbocycles. The summed E-state index contributed by atoms with van der Waals surface area (Å²) < 4.78 is 12.0. The maximum Gasteiger partial charge on any atom is 0.348 e.